The Morgan fingerprint density at radius 3 is 3.00 bits per heavy atom. The Hall–Kier alpha value is -2.60. The number of piperidine rings is 1. The summed E-state index contributed by atoms with van der Waals surface area (Å²) in [6.45, 7) is 7.15. The standard InChI is InChI=1S/C22H27N5O/c1-2-28-18-12-19(20-6-10-25-27(20)14-18)17-4-5-21(24-13-17)26-11-8-22(16-26)7-3-9-23-15-22/h4-6,10,12-14,23H,2-3,7-9,11,15-16H2,1H3/t22-/m0/s1. The van der Waals surface area contributed by atoms with Crippen molar-refractivity contribution in [2.75, 3.05) is 37.7 Å². The summed E-state index contributed by atoms with van der Waals surface area (Å²) in [5, 5.41) is 7.96. The molecule has 2 saturated heterocycles. The van der Waals surface area contributed by atoms with Crippen LogP contribution in [0, 0.1) is 5.41 Å². The highest BCUT2D eigenvalue weighted by molar-refractivity contribution is 5.81. The van der Waals surface area contributed by atoms with Crippen molar-refractivity contribution >= 4 is 11.3 Å². The number of rotatable bonds is 4. The lowest BCUT2D eigenvalue weighted by Gasteiger charge is -2.33. The van der Waals surface area contributed by atoms with E-state index in [0.717, 1.165) is 47.8 Å². The van der Waals surface area contributed by atoms with Gasteiger partial charge in [-0.25, -0.2) is 9.50 Å². The molecule has 146 valence electrons. The first-order valence-electron chi connectivity index (χ1n) is 10.3. The van der Waals surface area contributed by atoms with Crippen LogP contribution >= 0.6 is 0 Å². The first-order chi connectivity index (χ1) is 13.8. The topological polar surface area (TPSA) is 54.7 Å². The van der Waals surface area contributed by atoms with Crippen LogP contribution in [0.15, 0.2) is 42.9 Å². The lowest BCUT2D eigenvalue weighted by atomic mass is 9.80. The van der Waals surface area contributed by atoms with Crippen molar-refractivity contribution in [1.82, 2.24) is 19.9 Å². The molecule has 28 heavy (non-hydrogen) atoms. The third-order valence-electron chi connectivity index (χ3n) is 6.18. The van der Waals surface area contributed by atoms with E-state index in [9.17, 15) is 0 Å². The molecular weight excluding hydrogens is 350 g/mol. The van der Waals surface area contributed by atoms with Gasteiger partial charge in [0.1, 0.15) is 11.6 Å². The summed E-state index contributed by atoms with van der Waals surface area (Å²) < 4.78 is 7.59. The number of anilines is 1. The van der Waals surface area contributed by atoms with Crippen molar-refractivity contribution < 1.29 is 4.74 Å². The van der Waals surface area contributed by atoms with Crippen molar-refractivity contribution in [1.29, 1.82) is 0 Å². The van der Waals surface area contributed by atoms with Crippen LogP contribution in [-0.4, -0.2) is 47.4 Å². The molecule has 6 nitrogen and oxygen atoms in total. The maximum Gasteiger partial charge on any atom is 0.138 e. The highest BCUT2D eigenvalue weighted by Crippen LogP contribution is 2.38. The minimum atomic E-state index is 0.439. The third kappa shape index (κ3) is 3.11. The van der Waals surface area contributed by atoms with E-state index in [1.807, 2.05) is 36.1 Å². The molecule has 1 N–H and O–H groups in total. The van der Waals surface area contributed by atoms with Crippen LogP contribution in [0.5, 0.6) is 5.75 Å². The Balaban J connectivity index is 1.41. The van der Waals surface area contributed by atoms with Gasteiger partial charge in [-0.3, -0.25) is 0 Å². The van der Waals surface area contributed by atoms with E-state index in [1.165, 1.54) is 25.8 Å². The quantitative estimate of drug-likeness (QED) is 0.755. The monoisotopic (exact) mass is 377 g/mol. The number of hydrogen-bond donors (Lipinski definition) is 1. The molecule has 6 heteroatoms. The van der Waals surface area contributed by atoms with Gasteiger partial charge in [0.05, 0.1) is 24.5 Å². The van der Waals surface area contributed by atoms with Gasteiger partial charge in [-0.1, -0.05) is 0 Å². The molecule has 1 spiro atoms. The Morgan fingerprint density at radius 2 is 2.21 bits per heavy atom. The van der Waals surface area contributed by atoms with Crippen LogP contribution in [0.4, 0.5) is 5.82 Å². The largest absolute Gasteiger partial charge is 0.492 e. The van der Waals surface area contributed by atoms with Gasteiger partial charge in [-0.2, -0.15) is 5.10 Å². The van der Waals surface area contributed by atoms with E-state index in [-0.39, 0.29) is 0 Å². The van der Waals surface area contributed by atoms with Crippen molar-refractivity contribution in [3.05, 3.63) is 42.9 Å². The molecule has 5 heterocycles. The van der Waals surface area contributed by atoms with E-state index in [0.29, 0.717) is 12.0 Å². The molecule has 0 saturated carbocycles. The fourth-order valence-electron chi connectivity index (χ4n) is 4.72. The normalized spacial score (nSPS) is 22.2. The van der Waals surface area contributed by atoms with E-state index in [2.05, 4.69) is 33.5 Å². The van der Waals surface area contributed by atoms with Crippen LogP contribution in [-0.2, 0) is 0 Å². The fraction of sp³-hybridized carbons (Fsp3) is 0.455. The summed E-state index contributed by atoms with van der Waals surface area (Å²) in [6.07, 6.45) is 9.60. The highest BCUT2D eigenvalue weighted by Gasteiger charge is 2.39. The average molecular weight is 377 g/mol. The molecule has 3 aromatic heterocycles. The number of hydrogen-bond acceptors (Lipinski definition) is 5. The van der Waals surface area contributed by atoms with Gasteiger partial charge in [-0.05, 0) is 57.0 Å². The van der Waals surface area contributed by atoms with Crippen LogP contribution in [0.25, 0.3) is 16.6 Å². The van der Waals surface area contributed by atoms with Gasteiger partial charge in [0.2, 0.25) is 0 Å². The Bertz CT molecular complexity index is 959. The van der Waals surface area contributed by atoms with Crippen molar-refractivity contribution in [2.45, 2.75) is 26.2 Å². The summed E-state index contributed by atoms with van der Waals surface area (Å²) in [6, 6.07) is 8.43. The number of pyridine rings is 2. The number of fused-ring (bicyclic) bond motifs is 1. The average Bonchev–Trinajstić information content (AvgIpc) is 3.36. The number of aromatic nitrogens is 3. The molecule has 0 amide bonds. The lowest BCUT2D eigenvalue weighted by molar-refractivity contribution is 0.239. The zero-order valence-corrected chi connectivity index (χ0v) is 16.4. The number of nitrogens with one attached hydrogen (secondary N) is 1. The molecule has 5 rings (SSSR count). The molecule has 0 radical (unpaired) electrons. The first-order valence-corrected chi connectivity index (χ1v) is 10.3. The third-order valence-corrected chi connectivity index (χ3v) is 6.18. The molecule has 2 aliphatic rings. The second-order valence-electron chi connectivity index (χ2n) is 8.04. The molecular formula is C22H27N5O. The molecule has 0 unspecified atom stereocenters. The van der Waals surface area contributed by atoms with Gasteiger partial charge in [0.25, 0.3) is 0 Å². The van der Waals surface area contributed by atoms with Crippen molar-refractivity contribution in [3.8, 4) is 16.9 Å². The number of nitrogens with zero attached hydrogens (tertiary/aromatic N) is 4. The summed E-state index contributed by atoms with van der Waals surface area (Å²) in [5.74, 6) is 1.90. The first kappa shape index (κ1) is 17.5. The predicted octanol–water partition coefficient (Wildman–Crippen LogP) is 3.37. The Labute approximate surface area is 165 Å². The van der Waals surface area contributed by atoms with Crippen molar-refractivity contribution in [2.24, 2.45) is 5.41 Å². The van der Waals surface area contributed by atoms with E-state index in [4.69, 9.17) is 9.72 Å². The van der Waals surface area contributed by atoms with Crippen LogP contribution in [0.2, 0.25) is 0 Å². The van der Waals surface area contributed by atoms with Crippen molar-refractivity contribution in [3.63, 3.8) is 0 Å². The summed E-state index contributed by atoms with van der Waals surface area (Å²) in [4.78, 5) is 7.26. The summed E-state index contributed by atoms with van der Waals surface area (Å²) in [5.41, 5.74) is 3.68. The molecule has 1 atom stereocenters. The van der Waals surface area contributed by atoms with E-state index >= 15 is 0 Å². The second-order valence-corrected chi connectivity index (χ2v) is 8.04. The van der Waals surface area contributed by atoms with Gasteiger partial charge in [0.15, 0.2) is 0 Å². The van der Waals surface area contributed by atoms with Gasteiger partial charge < -0.3 is 15.0 Å². The van der Waals surface area contributed by atoms with E-state index < -0.39 is 0 Å². The van der Waals surface area contributed by atoms with Crippen LogP contribution < -0.4 is 15.0 Å². The molecule has 2 aliphatic heterocycles. The molecule has 0 aromatic carbocycles. The molecule has 3 aromatic rings. The maximum atomic E-state index is 5.72. The smallest absolute Gasteiger partial charge is 0.138 e. The zero-order valence-electron chi connectivity index (χ0n) is 16.4. The summed E-state index contributed by atoms with van der Waals surface area (Å²) >= 11 is 0. The van der Waals surface area contributed by atoms with Gasteiger partial charge in [0, 0.05) is 42.4 Å². The SMILES string of the molecule is CCOc1cc(-c2ccc(N3CC[C@]4(CCCNC4)C3)nc2)c2ccnn2c1. The fourth-order valence-corrected chi connectivity index (χ4v) is 4.72. The van der Waals surface area contributed by atoms with Gasteiger partial charge >= 0.3 is 0 Å². The Morgan fingerprint density at radius 1 is 1.25 bits per heavy atom. The summed E-state index contributed by atoms with van der Waals surface area (Å²) in [7, 11) is 0. The van der Waals surface area contributed by atoms with E-state index in [1.54, 1.807) is 0 Å². The molecule has 2 fully saturated rings. The lowest BCUT2D eigenvalue weighted by Crippen LogP contribution is -2.42. The zero-order chi connectivity index (χ0) is 19.0. The molecule has 0 bridgehead atoms. The minimum absolute atomic E-state index is 0.439. The second kappa shape index (κ2) is 7.09. The minimum Gasteiger partial charge on any atom is -0.492 e. The maximum absolute atomic E-state index is 5.72. The predicted molar refractivity (Wildman–Crippen MR) is 111 cm³/mol. The molecule has 0 aliphatic carbocycles. The highest BCUT2D eigenvalue weighted by atomic mass is 16.5. The van der Waals surface area contributed by atoms with Crippen LogP contribution in [0.1, 0.15) is 26.2 Å². The van der Waals surface area contributed by atoms with Crippen LogP contribution in [0.3, 0.4) is 0 Å². The Kier molecular flexibility index (Phi) is 4.43. The van der Waals surface area contributed by atoms with Gasteiger partial charge in [-0.15, -0.1) is 0 Å². The number of ether oxygens (including phenoxy) is 1.